The molecule has 4 aromatic rings. The minimum atomic E-state index is -4.30. The summed E-state index contributed by atoms with van der Waals surface area (Å²) in [4.78, 5) is 29.9. The smallest absolute Gasteiger partial charge is 0.264 e. The van der Waals surface area contributed by atoms with Crippen molar-refractivity contribution in [1.82, 2.24) is 10.2 Å². The first-order chi connectivity index (χ1) is 23.1. The van der Waals surface area contributed by atoms with Gasteiger partial charge in [0.15, 0.2) is 11.5 Å². The molecule has 4 rings (SSSR count). The SMILES string of the molecule is CCCCNC(=O)[C@H](Cc1ccccc1)N(Cc1c(Cl)cccc1Cl)C(=O)CN(c1ccc(OC)c(OC)c1)S(=O)(=O)c1ccccc1. The predicted molar refractivity (Wildman–Crippen MR) is 189 cm³/mol. The van der Waals surface area contributed by atoms with Crippen LogP contribution in [-0.4, -0.2) is 58.5 Å². The Morgan fingerprint density at radius 3 is 2.06 bits per heavy atom. The highest BCUT2D eigenvalue weighted by Gasteiger charge is 2.35. The van der Waals surface area contributed by atoms with Gasteiger partial charge in [0, 0.05) is 41.2 Å². The van der Waals surface area contributed by atoms with Crippen LogP contribution in [0.25, 0.3) is 0 Å². The Bertz CT molecular complexity index is 1770. The van der Waals surface area contributed by atoms with E-state index < -0.39 is 28.5 Å². The molecule has 0 saturated carbocycles. The van der Waals surface area contributed by atoms with E-state index >= 15 is 0 Å². The summed E-state index contributed by atoms with van der Waals surface area (Å²) in [5.41, 5.74) is 1.40. The lowest BCUT2D eigenvalue weighted by molar-refractivity contribution is -0.140. The third kappa shape index (κ3) is 9.00. The Labute approximate surface area is 292 Å². The number of amides is 2. The maximum Gasteiger partial charge on any atom is 0.264 e. The fourth-order valence-electron chi connectivity index (χ4n) is 5.14. The van der Waals surface area contributed by atoms with E-state index in [4.69, 9.17) is 32.7 Å². The summed E-state index contributed by atoms with van der Waals surface area (Å²) in [6.45, 7) is 1.62. The van der Waals surface area contributed by atoms with E-state index in [2.05, 4.69) is 5.32 Å². The van der Waals surface area contributed by atoms with Crippen molar-refractivity contribution < 1.29 is 27.5 Å². The molecule has 0 radical (unpaired) electrons. The van der Waals surface area contributed by atoms with Crippen molar-refractivity contribution in [3.05, 3.63) is 118 Å². The Morgan fingerprint density at radius 1 is 0.833 bits per heavy atom. The highest BCUT2D eigenvalue weighted by molar-refractivity contribution is 7.92. The summed E-state index contributed by atoms with van der Waals surface area (Å²) in [6.07, 6.45) is 1.77. The van der Waals surface area contributed by atoms with E-state index in [-0.39, 0.29) is 35.2 Å². The van der Waals surface area contributed by atoms with Gasteiger partial charge in [0.2, 0.25) is 11.8 Å². The number of sulfonamides is 1. The van der Waals surface area contributed by atoms with Crippen LogP contribution in [0, 0.1) is 0 Å². The summed E-state index contributed by atoms with van der Waals surface area (Å²) in [7, 11) is -1.40. The van der Waals surface area contributed by atoms with Crippen molar-refractivity contribution in [3.8, 4) is 11.5 Å². The second kappa shape index (κ2) is 17.2. The lowest BCUT2D eigenvalue weighted by Crippen LogP contribution is -2.53. The van der Waals surface area contributed by atoms with Crippen LogP contribution in [-0.2, 0) is 32.6 Å². The third-order valence-corrected chi connectivity index (χ3v) is 10.3. The minimum absolute atomic E-state index is 0.0218. The van der Waals surface area contributed by atoms with Gasteiger partial charge in [0.05, 0.1) is 24.8 Å². The van der Waals surface area contributed by atoms with Crippen molar-refractivity contribution >= 4 is 50.7 Å². The molecule has 1 atom stereocenters. The predicted octanol–water partition coefficient (Wildman–Crippen LogP) is 6.76. The summed E-state index contributed by atoms with van der Waals surface area (Å²) < 4.78 is 40.3. The van der Waals surface area contributed by atoms with Gasteiger partial charge in [0.25, 0.3) is 10.0 Å². The molecule has 0 spiro atoms. The standard InChI is InChI=1S/C36H39Cl2N3O6S/c1-4-5-21-39-36(43)32(22-26-13-8-6-9-14-26)40(24-29-30(37)17-12-18-31(29)38)35(42)25-41(48(44,45)28-15-10-7-11-16-28)27-19-20-33(46-2)34(23-27)47-3/h6-20,23,32H,4-5,21-22,24-25H2,1-3H3,(H,39,43)/t32-/m0/s1. The highest BCUT2D eigenvalue weighted by atomic mass is 35.5. The Balaban J connectivity index is 1.85. The van der Waals surface area contributed by atoms with Crippen molar-refractivity contribution in [2.75, 3.05) is 31.6 Å². The van der Waals surface area contributed by atoms with Crippen molar-refractivity contribution in [2.45, 2.75) is 43.7 Å². The fraction of sp³-hybridized carbons (Fsp3) is 0.278. The van der Waals surface area contributed by atoms with Gasteiger partial charge in [-0.2, -0.15) is 0 Å². The second-order valence-electron chi connectivity index (χ2n) is 10.9. The first-order valence-electron chi connectivity index (χ1n) is 15.4. The summed E-state index contributed by atoms with van der Waals surface area (Å²) in [6, 6.07) is 25.6. The first kappa shape index (κ1) is 36.6. The molecule has 9 nitrogen and oxygen atoms in total. The number of halogens is 2. The number of carbonyl (C=O) groups is 2. The molecule has 0 saturated heterocycles. The molecule has 254 valence electrons. The van der Waals surface area contributed by atoms with Crippen LogP contribution in [0.5, 0.6) is 11.5 Å². The minimum Gasteiger partial charge on any atom is -0.493 e. The van der Waals surface area contributed by atoms with Crippen LogP contribution in [0.2, 0.25) is 10.0 Å². The van der Waals surface area contributed by atoms with Gasteiger partial charge in [-0.05, 0) is 48.4 Å². The van der Waals surface area contributed by atoms with Gasteiger partial charge in [-0.3, -0.25) is 13.9 Å². The monoisotopic (exact) mass is 711 g/mol. The van der Waals surface area contributed by atoms with E-state index in [1.54, 1.807) is 42.5 Å². The molecule has 0 aliphatic carbocycles. The zero-order valence-electron chi connectivity index (χ0n) is 27.1. The highest BCUT2D eigenvalue weighted by Crippen LogP contribution is 2.34. The largest absolute Gasteiger partial charge is 0.493 e. The number of nitrogens with one attached hydrogen (secondary N) is 1. The maximum atomic E-state index is 14.7. The number of ether oxygens (including phenoxy) is 2. The molecule has 0 bridgehead atoms. The molecule has 0 heterocycles. The average molecular weight is 713 g/mol. The van der Waals surface area contributed by atoms with Crippen LogP contribution < -0.4 is 19.1 Å². The molecule has 1 N–H and O–H groups in total. The van der Waals surface area contributed by atoms with Crippen molar-refractivity contribution in [1.29, 1.82) is 0 Å². The van der Waals surface area contributed by atoms with Crippen LogP contribution in [0.1, 0.15) is 30.9 Å². The van der Waals surface area contributed by atoms with Crippen LogP contribution in [0.3, 0.4) is 0 Å². The van der Waals surface area contributed by atoms with E-state index in [1.807, 2.05) is 37.3 Å². The molecular formula is C36H39Cl2N3O6S. The topological polar surface area (TPSA) is 105 Å². The molecule has 0 fully saturated rings. The van der Waals surface area contributed by atoms with Gasteiger partial charge in [-0.15, -0.1) is 0 Å². The zero-order chi connectivity index (χ0) is 34.7. The molecule has 4 aromatic carbocycles. The van der Waals surface area contributed by atoms with E-state index in [1.165, 1.54) is 43.4 Å². The maximum absolute atomic E-state index is 14.7. The van der Waals surface area contributed by atoms with Crippen molar-refractivity contribution in [3.63, 3.8) is 0 Å². The average Bonchev–Trinajstić information content (AvgIpc) is 3.10. The van der Waals surface area contributed by atoms with Crippen LogP contribution in [0.4, 0.5) is 5.69 Å². The number of hydrogen-bond acceptors (Lipinski definition) is 6. The number of carbonyl (C=O) groups excluding carboxylic acids is 2. The van der Waals surface area contributed by atoms with E-state index in [9.17, 15) is 18.0 Å². The zero-order valence-corrected chi connectivity index (χ0v) is 29.4. The molecular weight excluding hydrogens is 673 g/mol. The van der Waals surface area contributed by atoms with Gasteiger partial charge >= 0.3 is 0 Å². The van der Waals surface area contributed by atoms with Gasteiger partial charge in [-0.1, -0.05) is 91.1 Å². The number of anilines is 1. The number of nitrogens with zero attached hydrogens (tertiary/aromatic N) is 2. The van der Waals surface area contributed by atoms with Gasteiger partial charge < -0.3 is 19.7 Å². The molecule has 0 unspecified atom stereocenters. The molecule has 0 aliphatic rings. The molecule has 0 aromatic heterocycles. The molecule has 0 aliphatic heterocycles. The number of hydrogen-bond donors (Lipinski definition) is 1. The van der Waals surface area contributed by atoms with Gasteiger partial charge in [-0.25, -0.2) is 8.42 Å². The second-order valence-corrected chi connectivity index (χ2v) is 13.6. The van der Waals surface area contributed by atoms with E-state index in [0.29, 0.717) is 27.9 Å². The Morgan fingerprint density at radius 2 is 1.46 bits per heavy atom. The number of benzene rings is 4. The molecule has 2 amide bonds. The summed E-state index contributed by atoms with van der Waals surface area (Å²) in [5.74, 6) is -0.377. The summed E-state index contributed by atoms with van der Waals surface area (Å²) >= 11 is 13.2. The molecule has 12 heteroatoms. The summed E-state index contributed by atoms with van der Waals surface area (Å²) in [5, 5.41) is 3.57. The Kier molecular flexibility index (Phi) is 13.1. The number of methoxy groups -OCH3 is 2. The fourth-order valence-corrected chi connectivity index (χ4v) is 7.09. The van der Waals surface area contributed by atoms with Gasteiger partial charge in [0.1, 0.15) is 12.6 Å². The normalized spacial score (nSPS) is 11.8. The van der Waals surface area contributed by atoms with Crippen molar-refractivity contribution in [2.24, 2.45) is 0 Å². The third-order valence-electron chi connectivity index (χ3n) is 7.76. The van der Waals surface area contributed by atoms with Crippen LogP contribution in [0.15, 0.2) is 102 Å². The number of unbranched alkanes of at least 4 members (excludes halogenated alkanes) is 1. The van der Waals surface area contributed by atoms with Crippen LogP contribution >= 0.6 is 23.2 Å². The van der Waals surface area contributed by atoms with E-state index in [0.717, 1.165) is 22.7 Å². The lowest BCUT2D eigenvalue weighted by Gasteiger charge is -2.34. The quantitative estimate of drug-likeness (QED) is 0.129. The Hall–Kier alpha value is -4.25. The number of rotatable bonds is 16. The lowest BCUT2D eigenvalue weighted by atomic mass is 10.0. The molecule has 48 heavy (non-hydrogen) atoms. The first-order valence-corrected chi connectivity index (χ1v) is 17.6.